The van der Waals surface area contributed by atoms with Crippen LogP contribution in [0.15, 0.2) is 54.6 Å². The summed E-state index contributed by atoms with van der Waals surface area (Å²) >= 11 is 0. The van der Waals surface area contributed by atoms with Gasteiger partial charge in [-0.15, -0.1) is 0 Å². The quantitative estimate of drug-likeness (QED) is 0.593. The predicted molar refractivity (Wildman–Crippen MR) is 90.6 cm³/mol. The van der Waals surface area contributed by atoms with Crippen LogP contribution >= 0.6 is 0 Å². The summed E-state index contributed by atoms with van der Waals surface area (Å²) in [5.41, 5.74) is 1.32. The van der Waals surface area contributed by atoms with E-state index >= 15 is 0 Å². The van der Waals surface area contributed by atoms with Crippen molar-refractivity contribution in [3.05, 3.63) is 71.3 Å². The van der Waals surface area contributed by atoms with Crippen molar-refractivity contribution in [1.82, 2.24) is 0 Å². The molecule has 0 bridgehead atoms. The summed E-state index contributed by atoms with van der Waals surface area (Å²) in [5, 5.41) is 0. The van der Waals surface area contributed by atoms with Gasteiger partial charge in [0.15, 0.2) is 15.9 Å². The summed E-state index contributed by atoms with van der Waals surface area (Å²) in [7, 11) is -3.13. The molecule has 0 aliphatic heterocycles. The molecule has 2 aromatic rings. The molecule has 0 aliphatic rings. The standard InChI is InChI=1S/C18H18O5S/c1-13(17(19)15-6-4-3-5-7-15)23-18(20)16-10-8-14(9-11-16)12-24(2,21)22/h3-11,13H,12H2,1-2H3. The normalized spacial score (nSPS) is 12.4. The van der Waals surface area contributed by atoms with Crippen molar-refractivity contribution in [2.45, 2.75) is 18.8 Å². The minimum Gasteiger partial charge on any atom is -0.451 e. The third-order valence-corrected chi connectivity index (χ3v) is 4.19. The van der Waals surface area contributed by atoms with Crippen molar-refractivity contribution in [2.75, 3.05) is 6.26 Å². The molecule has 126 valence electrons. The average molecular weight is 346 g/mol. The Bertz CT molecular complexity index is 823. The van der Waals surface area contributed by atoms with E-state index in [0.717, 1.165) is 6.26 Å². The van der Waals surface area contributed by atoms with Gasteiger partial charge in [-0.05, 0) is 24.6 Å². The van der Waals surface area contributed by atoms with Gasteiger partial charge in [0.1, 0.15) is 0 Å². The molecule has 1 atom stereocenters. The molecular formula is C18H18O5S. The Labute approximate surface area is 141 Å². The van der Waals surface area contributed by atoms with E-state index in [4.69, 9.17) is 4.74 Å². The second-order valence-electron chi connectivity index (χ2n) is 5.54. The van der Waals surface area contributed by atoms with Crippen molar-refractivity contribution >= 4 is 21.6 Å². The van der Waals surface area contributed by atoms with E-state index in [-0.39, 0.29) is 17.1 Å². The van der Waals surface area contributed by atoms with Crippen LogP contribution in [-0.4, -0.2) is 32.5 Å². The first-order valence-electron chi connectivity index (χ1n) is 7.33. The number of benzene rings is 2. The van der Waals surface area contributed by atoms with Crippen LogP contribution in [0.25, 0.3) is 0 Å². The first-order chi connectivity index (χ1) is 11.3. The maximum absolute atomic E-state index is 12.2. The lowest BCUT2D eigenvalue weighted by Crippen LogP contribution is -2.24. The van der Waals surface area contributed by atoms with Crippen molar-refractivity contribution in [1.29, 1.82) is 0 Å². The highest BCUT2D eigenvalue weighted by atomic mass is 32.2. The van der Waals surface area contributed by atoms with E-state index in [9.17, 15) is 18.0 Å². The summed E-state index contributed by atoms with van der Waals surface area (Å²) in [6, 6.07) is 14.7. The second-order valence-corrected chi connectivity index (χ2v) is 7.69. The summed E-state index contributed by atoms with van der Waals surface area (Å²) in [5.74, 6) is -0.999. The monoisotopic (exact) mass is 346 g/mol. The van der Waals surface area contributed by atoms with Crippen LogP contribution in [-0.2, 0) is 20.3 Å². The third-order valence-electron chi connectivity index (χ3n) is 3.33. The summed E-state index contributed by atoms with van der Waals surface area (Å²) in [6.45, 7) is 1.52. The summed E-state index contributed by atoms with van der Waals surface area (Å²) in [6.07, 6.45) is 0.238. The lowest BCUT2D eigenvalue weighted by atomic mass is 10.1. The number of rotatable bonds is 6. The number of ether oxygens (including phenoxy) is 1. The molecule has 0 aliphatic carbocycles. The molecule has 1 unspecified atom stereocenters. The number of sulfone groups is 1. The molecule has 2 rings (SSSR count). The number of ketones is 1. The SMILES string of the molecule is CC(OC(=O)c1ccc(CS(C)(=O)=O)cc1)C(=O)c1ccccc1. The maximum atomic E-state index is 12.2. The second kappa shape index (κ2) is 7.40. The fraction of sp³-hybridized carbons (Fsp3) is 0.222. The minimum absolute atomic E-state index is 0.0920. The van der Waals surface area contributed by atoms with Gasteiger partial charge in [0.05, 0.1) is 11.3 Å². The highest BCUT2D eigenvalue weighted by Gasteiger charge is 2.20. The van der Waals surface area contributed by atoms with Gasteiger partial charge in [-0.1, -0.05) is 42.5 Å². The van der Waals surface area contributed by atoms with Gasteiger partial charge in [-0.25, -0.2) is 13.2 Å². The Hall–Kier alpha value is -2.47. The number of carbonyl (C=O) groups excluding carboxylic acids is 2. The zero-order valence-electron chi connectivity index (χ0n) is 13.4. The molecule has 6 heteroatoms. The van der Waals surface area contributed by atoms with E-state index in [2.05, 4.69) is 0 Å². The first kappa shape index (κ1) is 17.9. The molecule has 0 fully saturated rings. The Morgan fingerprint density at radius 3 is 2.08 bits per heavy atom. The third kappa shape index (κ3) is 5.03. The largest absolute Gasteiger partial charge is 0.451 e. The molecule has 0 saturated carbocycles. The van der Waals surface area contributed by atoms with Crippen LogP contribution in [0.3, 0.4) is 0 Å². The van der Waals surface area contributed by atoms with Crippen LogP contribution in [0, 0.1) is 0 Å². The van der Waals surface area contributed by atoms with E-state index in [0.29, 0.717) is 11.1 Å². The maximum Gasteiger partial charge on any atom is 0.338 e. The molecule has 0 heterocycles. The summed E-state index contributed by atoms with van der Waals surface area (Å²) in [4.78, 5) is 24.3. The van der Waals surface area contributed by atoms with Crippen LogP contribution in [0.4, 0.5) is 0 Å². The lowest BCUT2D eigenvalue weighted by Gasteiger charge is -2.12. The smallest absolute Gasteiger partial charge is 0.338 e. The van der Waals surface area contributed by atoms with Gasteiger partial charge in [-0.2, -0.15) is 0 Å². The molecule has 2 aromatic carbocycles. The molecule has 0 spiro atoms. The number of esters is 1. The van der Waals surface area contributed by atoms with Crippen molar-refractivity contribution < 1.29 is 22.7 Å². The zero-order valence-corrected chi connectivity index (χ0v) is 14.2. The Balaban J connectivity index is 2.03. The van der Waals surface area contributed by atoms with Crippen LogP contribution in [0.5, 0.6) is 0 Å². The molecule has 0 N–H and O–H groups in total. The Morgan fingerprint density at radius 1 is 0.958 bits per heavy atom. The topological polar surface area (TPSA) is 77.5 Å². The zero-order chi connectivity index (χ0) is 17.7. The molecule has 0 saturated heterocycles. The number of hydrogen-bond donors (Lipinski definition) is 0. The van der Waals surface area contributed by atoms with Gasteiger partial charge >= 0.3 is 5.97 Å². The Morgan fingerprint density at radius 2 is 1.54 bits per heavy atom. The van der Waals surface area contributed by atoms with E-state index in [1.807, 2.05) is 0 Å². The average Bonchev–Trinajstić information content (AvgIpc) is 2.54. The number of Topliss-reactive ketones (excluding diaryl/α,β-unsaturated/α-hetero) is 1. The molecule has 5 nitrogen and oxygen atoms in total. The highest BCUT2D eigenvalue weighted by Crippen LogP contribution is 2.12. The first-order valence-corrected chi connectivity index (χ1v) is 9.39. The van der Waals surface area contributed by atoms with Crippen molar-refractivity contribution in [3.63, 3.8) is 0 Å². The van der Waals surface area contributed by atoms with Gasteiger partial charge in [0, 0.05) is 11.8 Å². The molecule has 24 heavy (non-hydrogen) atoms. The highest BCUT2D eigenvalue weighted by molar-refractivity contribution is 7.89. The van der Waals surface area contributed by atoms with Gasteiger partial charge in [0.2, 0.25) is 5.78 Å². The summed E-state index contributed by atoms with van der Waals surface area (Å²) < 4.78 is 27.7. The minimum atomic E-state index is -3.13. The van der Waals surface area contributed by atoms with E-state index in [1.54, 1.807) is 42.5 Å². The van der Waals surface area contributed by atoms with E-state index < -0.39 is 21.9 Å². The fourth-order valence-corrected chi connectivity index (χ4v) is 2.96. The van der Waals surface area contributed by atoms with Crippen LogP contribution in [0.2, 0.25) is 0 Å². The number of carbonyl (C=O) groups is 2. The van der Waals surface area contributed by atoms with Crippen LogP contribution < -0.4 is 0 Å². The molecule has 0 radical (unpaired) electrons. The molecule has 0 aromatic heterocycles. The van der Waals surface area contributed by atoms with Crippen LogP contribution in [0.1, 0.15) is 33.2 Å². The Kier molecular flexibility index (Phi) is 5.51. The van der Waals surface area contributed by atoms with E-state index in [1.165, 1.54) is 19.1 Å². The van der Waals surface area contributed by atoms with Gasteiger partial charge < -0.3 is 4.74 Å². The number of hydrogen-bond acceptors (Lipinski definition) is 5. The van der Waals surface area contributed by atoms with Crippen molar-refractivity contribution in [2.24, 2.45) is 0 Å². The molecular weight excluding hydrogens is 328 g/mol. The van der Waals surface area contributed by atoms with Gasteiger partial charge in [-0.3, -0.25) is 4.79 Å². The van der Waals surface area contributed by atoms with Gasteiger partial charge in [0.25, 0.3) is 0 Å². The van der Waals surface area contributed by atoms with Crippen molar-refractivity contribution in [3.8, 4) is 0 Å². The fourth-order valence-electron chi connectivity index (χ4n) is 2.16. The molecule has 0 amide bonds. The predicted octanol–water partition coefficient (Wildman–Crippen LogP) is 2.66. The lowest BCUT2D eigenvalue weighted by molar-refractivity contribution is 0.0319.